The molecule has 0 aliphatic heterocycles. The van der Waals surface area contributed by atoms with Crippen LogP contribution >= 0.6 is 0 Å². The highest BCUT2D eigenvalue weighted by Crippen LogP contribution is 2.18. The van der Waals surface area contributed by atoms with E-state index in [-0.39, 0.29) is 5.91 Å². The predicted molar refractivity (Wildman–Crippen MR) is 75.8 cm³/mol. The fourth-order valence-corrected chi connectivity index (χ4v) is 2.23. The Morgan fingerprint density at radius 2 is 2.16 bits per heavy atom. The van der Waals surface area contributed by atoms with Gasteiger partial charge in [0, 0.05) is 42.7 Å². The number of rotatable bonds is 6. The fourth-order valence-electron chi connectivity index (χ4n) is 2.23. The maximum absolute atomic E-state index is 11.5. The van der Waals surface area contributed by atoms with E-state index >= 15 is 0 Å². The van der Waals surface area contributed by atoms with E-state index in [4.69, 9.17) is 0 Å². The minimum absolute atomic E-state index is 0.161. The number of aromatic amines is 1. The van der Waals surface area contributed by atoms with Crippen LogP contribution in [0.1, 0.15) is 24.8 Å². The minimum Gasteiger partial charge on any atom is -0.361 e. The summed E-state index contributed by atoms with van der Waals surface area (Å²) < 4.78 is 0. The van der Waals surface area contributed by atoms with Crippen LogP contribution < -0.4 is 10.6 Å². The monoisotopic (exact) mass is 257 g/mol. The van der Waals surface area contributed by atoms with Gasteiger partial charge in [-0.15, -0.1) is 0 Å². The molecule has 1 aromatic carbocycles. The van der Waals surface area contributed by atoms with Crippen molar-refractivity contribution in [1.82, 2.24) is 15.6 Å². The molecule has 0 saturated heterocycles. The van der Waals surface area contributed by atoms with E-state index in [1.165, 1.54) is 10.9 Å². The molecule has 1 aromatic heterocycles. The van der Waals surface area contributed by atoms with E-state index in [9.17, 15) is 4.79 Å². The van der Waals surface area contributed by atoms with Crippen molar-refractivity contribution in [3.05, 3.63) is 36.0 Å². The fraction of sp³-hybridized carbons (Fsp3) is 0.400. The summed E-state index contributed by atoms with van der Waals surface area (Å²) in [5.74, 6) is 0.161. The lowest BCUT2D eigenvalue weighted by molar-refractivity contribution is -0.121. The van der Waals surface area contributed by atoms with Crippen LogP contribution in [0.2, 0.25) is 0 Å². The number of carbonyl (C=O) groups excluding carboxylic acids is 1. The maximum Gasteiger partial charge on any atom is 0.221 e. The largest absolute Gasteiger partial charge is 0.361 e. The molecule has 1 saturated carbocycles. The first-order chi connectivity index (χ1) is 9.33. The molecule has 1 heterocycles. The molecule has 3 rings (SSSR count). The number of amides is 1. The number of carbonyl (C=O) groups is 1. The Hall–Kier alpha value is -1.81. The second-order valence-electron chi connectivity index (χ2n) is 5.13. The van der Waals surface area contributed by atoms with Gasteiger partial charge in [0.1, 0.15) is 0 Å². The topological polar surface area (TPSA) is 56.9 Å². The molecule has 0 bridgehead atoms. The second-order valence-corrected chi connectivity index (χ2v) is 5.13. The molecule has 0 atom stereocenters. The highest BCUT2D eigenvalue weighted by molar-refractivity contribution is 5.83. The van der Waals surface area contributed by atoms with E-state index in [0.29, 0.717) is 12.5 Å². The Balaban J connectivity index is 1.45. The van der Waals surface area contributed by atoms with Gasteiger partial charge in [-0.2, -0.15) is 0 Å². The lowest BCUT2D eigenvalue weighted by Gasteiger charge is -2.05. The first-order valence-corrected chi connectivity index (χ1v) is 6.88. The van der Waals surface area contributed by atoms with Crippen LogP contribution in [0.3, 0.4) is 0 Å². The molecule has 19 heavy (non-hydrogen) atoms. The smallest absolute Gasteiger partial charge is 0.221 e. The number of aromatic nitrogens is 1. The molecule has 3 N–H and O–H groups in total. The summed E-state index contributed by atoms with van der Waals surface area (Å²) in [7, 11) is 0. The van der Waals surface area contributed by atoms with Crippen molar-refractivity contribution in [2.24, 2.45) is 0 Å². The Labute approximate surface area is 112 Å². The molecule has 4 nitrogen and oxygen atoms in total. The summed E-state index contributed by atoms with van der Waals surface area (Å²) in [5, 5.41) is 7.56. The van der Waals surface area contributed by atoms with E-state index in [1.807, 2.05) is 18.3 Å². The summed E-state index contributed by atoms with van der Waals surface area (Å²) in [6.07, 6.45) is 4.88. The molecule has 0 radical (unpaired) electrons. The zero-order valence-electron chi connectivity index (χ0n) is 10.9. The summed E-state index contributed by atoms with van der Waals surface area (Å²) in [4.78, 5) is 14.8. The van der Waals surface area contributed by atoms with Crippen molar-refractivity contribution < 1.29 is 4.79 Å². The third-order valence-electron chi connectivity index (χ3n) is 3.46. The lowest BCUT2D eigenvalue weighted by atomic mass is 10.2. The van der Waals surface area contributed by atoms with Crippen LogP contribution in [0, 0.1) is 0 Å². The first-order valence-electron chi connectivity index (χ1n) is 6.88. The standard InChI is InChI=1S/C15H19N3O/c19-15(18-12-5-6-12)7-8-16-9-11-10-17-14-4-2-1-3-13(11)14/h1-4,10,12,16-17H,5-9H2,(H,18,19). The number of nitrogens with one attached hydrogen (secondary N) is 3. The third kappa shape index (κ3) is 3.15. The predicted octanol–water partition coefficient (Wildman–Crippen LogP) is 1.93. The van der Waals surface area contributed by atoms with Gasteiger partial charge in [0.2, 0.25) is 5.91 Å². The van der Waals surface area contributed by atoms with Crippen LogP contribution in [0.15, 0.2) is 30.5 Å². The number of hydrogen-bond acceptors (Lipinski definition) is 2. The number of para-hydroxylation sites is 1. The van der Waals surface area contributed by atoms with E-state index in [0.717, 1.165) is 31.4 Å². The third-order valence-corrected chi connectivity index (χ3v) is 3.46. The van der Waals surface area contributed by atoms with Gasteiger partial charge in [-0.3, -0.25) is 4.79 Å². The van der Waals surface area contributed by atoms with Crippen LogP contribution in [0.5, 0.6) is 0 Å². The molecule has 2 aromatic rings. The summed E-state index contributed by atoms with van der Waals surface area (Å²) in [5.41, 5.74) is 2.41. The van der Waals surface area contributed by atoms with E-state index < -0.39 is 0 Å². The van der Waals surface area contributed by atoms with Gasteiger partial charge in [0.15, 0.2) is 0 Å². The normalized spacial score (nSPS) is 14.7. The maximum atomic E-state index is 11.5. The van der Waals surface area contributed by atoms with Crippen molar-refractivity contribution in [3.63, 3.8) is 0 Å². The van der Waals surface area contributed by atoms with Crippen molar-refractivity contribution in [2.45, 2.75) is 31.8 Å². The molecular weight excluding hydrogens is 238 g/mol. The number of benzene rings is 1. The van der Waals surface area contributed by atoms with E-state index in [1.54, 1.807) is 0 Å². The average molecular weight is 257 g/mol. The summed E-state index contributed by atoms with van der Waals surface area (Å²) >= 11 is 0. The SMILES string of the molecule is O=C(CCNCc1c[nH]c2ccccc12)NC1CC1. The molecular formula is C15H19N3O. The Bertz CT molecular complexity index is 572. The Kier molecular flexibility index (Phi) is 3.51. The quantitative estimate of drug-likeness (QED) is 0.693. The van der Waals surface area contributed by atoms with Gasteiger partial charge >= 0.3 is 0 Å². The van der Waals surface area contributed by atoms with Gasteiger partial charge in [-0.05, 0) is 24.5 Å². The van der Waals surface area contributed by atoms with Crippen molar-refractivity contribution in [1.29, 1.82) is 0 Å². The zero-order chi connectivity index (χ0) is 13.1. The molecule has 1 amide bonds. The number of H-pyrrole nitrogens is 1. The molecule has 0 spiro atoms. The van der Waals surface area contributed by atoms with Gasteiger partial charge in [0.25, 0.3) is 0 Å². The highest BCUT2D eigenvalue weighted by Gasteiger charge is 2.22. The molecule has 1 aliphatic carbocycles. The van der Waals surface area contributed by atoms with Crippen molar-refractivity contribution >= 4 is 16.8 Å². The number of hydrogen-bond donors (Lipinski definition) is 3. The molecule has 100 valence electrons. The van der Waals surface area contributed by atoms with Gasteiger partial charge in [-0.25, -0.2) is 0 Å². The first kappa shape index (κ1) is 12.2. The Morgan fingerprint density at radius 1 is 1.32 bits per heavy atom. The molecule has 1 fully saturated rings. The van der Waals surface area contributed by atoms with Gasteiger partial charge in [0.05, 0.1) is 0 Å². The molecule has 0 unspecified atom stereocenters. The second kappa shape index (κ2) is 5.45. The lowest BCUT2D eigenvalue weighted by Crippen LogP contribution is -2.28. The van der Waals surface area contributed by atoms with Gasteiger partial charge < -0.3 is 15.6 Å². The summed E-state index contributed by atoms with van der Waals surface area (Å²) in [6.45, 7) is 1.51. The van der Waals surface area contributed by atoms with Crippen LogP contribution in [-0.2, 0) is 11.3 Å². The Morgan fingerprint density at radius 3 is 3.00 bits per heavy atom. The summed E-state index contributed by atoms with van der Waals surface area (Å²) in [6, 6.07) is 8.71. The number of fused-ring (bicyclic) bond motifs is 1. The zero-order valence-corrected chi connectivity index (χ0v) is 10.9. The van der Waals surface area contributed by atoms with Crippen molar-refractivity contribution in [2.75, 3.05) is 6.54 Å². The molecule has 1 aliphatic rings. The highest BCUT2D eigenvalue weighted by atomic mass is 16.1. The van der Waals surface area contributed by atoms with Crippen LogP contribution in [0.25, 0.3) is 10.9 Å². The minimum atomic E-state index is 0.161. The molecule has 4 heteroatoms. The van der Waals surface area contributed by atoms with Gasteiger partial charge in [-0.1, -0.05) is 18.2 Å². The van der Waals surface area contributed by atoms with Crippen LogP contribution in [-0.4, -0.2) is 23.5 Å². The van der Waals surface area contributed by atoms with E-state index in [2.05, 4.69) is 27.8 Å². The van der Waals surface area contributed by atoms with Crippen molar-refractivity contribution in [3.8, 4) is 0 Å². The van der Waals surface area contributed by atoms with Crippen LogP contribution in [0.4, 0.5) is 0 Å². The average Bonchev–Trinajstić information content (AvgIpc) is 3.14.